The van der Waals surface area contributed by atoms with Crippen LogP contribution in [0.4, 0.5) is 0 Å². The Morgan fingerprint density at radius 2 is 2.17 bits per heavy atom. The first-order chi connectivity index (χ1) is 5.79. The molecule has 1 saturated heterocycles. The quantitative estimate of drug-likeness (QED) is 0.490. The second-order valence-electron chi connectivity index (χ2n) is 3.24. The zero-order valence-electron chi connectivity index (χ0n) is 6.82. The van der Waals surface area contributed by atoms with Gasteiger partial charge in [0.2, 0.25) is 5.91 Å². The number of ketones is 1. The SMILES string of the molecule is O=C1CC=CCN2C(=O)CC[C@@H]12. The van der Waals surface area contributed by atoms with Crippen LogP contribution in [-0.2, 0) is 9.59 Å². The Kier molecular flexibility index (Phi) is 1.71. The van der Waals surface area contributed by atoms with Gasteiger partial charge in [0.15, 0.2) is 5.78 Å². The molecule has 3 nitrogen and oxygen atoms in total. The zero-order chi connectivity index (χ0) is 8.55. The Hall–Kier alpha value is -1.12. The van der Waals surface area contributed by atoms with Gasteiger partial charge in [-0.2, -0.15) is 0 Å². The zero-order valence-corrected chi connectivity index (χ0v) is 6.82. The molecular weight excluding hydrogens is 154 g/mol. The van der Waals surface area contributed by atoms with Crippen molar-refractivity contribution in [2.24, 2.45) is 0 Å². The van der Waals surface area contributed by atoms with E-state index in [-0.39, 0.29) is 17.7 Å². The van der Waals surface area contributed by atoms with Gasteiger partial charge in [-0.1, -0.05) is 12.2 Å². The van der Waals surface area contributed by atoms with Gasteiger partial charge in [-0.25, -0.2) is 0 Å². The lowest BCUT2D eigenvalue weighted by molar-refractivity contribution is -0.133. The highest BCUT2D eigenvalue weighted by molar-refractivity contribution is 5.93. The fourth-order valence-electron chi connectivity index (χ4n) is 1.82. The molecule has 0 bridgehead atoms. The van der Waals surface area contributed by atoms with Crippen LogP contribution in [-0.4, -0.2) is 29.2 Å². The number of allylic oxidation sites excluding steroid dienone is 1. The highest BCUT2D eigenvalue weighted by Crippen LogP contribution is 2.22. The summed E-state index contributed by atoms with van der Waals surface area (Å²) >= 11 is 0. The molecule has 3 heteroatoms. The van der Waals surface area contributed by atoms with Crippen LogP contribution in [0.15, 0.2) is 12.2 Å². The minimum absolute atomic E-state index is 0.118. The van der Waals surface area contributed by atoms with Gasteiger partial charge in [0, 0.05) is 19.4 Å². The minimum atomic E-state index is -0.118. The van der Waals surface area contributed by atoms with Crippen molar-refractivity contribution in [3.8, 4) is 0 Å². The predicted molar refractivity (Wildman–Crippen MR) is 43.5 cm³/mol. The van der Waals surface area contributed by atoms with E-state index in [9.17, 15) is 9.59 Å². The lowest BCUT2D eigenvalue weighted by atomic mass is 10.1. The van der Waals surface area contributed by atoms with E-state index in [1.807, 2.05) is 12.2 Å². The van der Waals surface area contributed by atoms with Crippen LogP contribution in [0.1, 0.15) is 19.3 Å². The number of fused-ring (bicyclic) bond motifs is 1. The van der Waals surface area contributed by atoms with Crippen molar-refractivity contribution >= 4 is 11.7 Å². The summed E-state index contributed by atoms with van der Waals surface area (Å²) < 4.78 is 0. The number of Topliss-reactive ketones (excluding diaryl/α,β-unsaturated/α-hetero) is 1. The first-order valence-corrected chi connectivity index (χ1v) is 4.26. The summed E-state index contributed by atoms with van der Waals surface area (Å²) in [6, 6.07) is -0.118. The monoisotopic (exact) mass is 165 g/mol. The van der Waals surface area contributed by atoms with E-state index in [1.54, 1.807) is 4.90 Å². The fourth-order valence-corrected chi connectivity index (χ4v) is 1.82. The Morgan fingerprint density at radius 3 is 3.00 bits per heavy atom. The summed E-state index contributed by atoms with van der Waals surface area (Å²) in [6.07, 6.45) is 5.52. The first kappa shape index (κ1) is 7.53. The van der Waals surface area contributed by atoms with Crippen molar-refractivity contribution in [1.82, 2.24) is 4.90 Å². The molecule has 1 atom stereocenters. The normalized spacial score (nSPS) is 29.0. The highest BCUT2D eigenvalue weighted by atomic mass is 16.2. The van der Waals surface area contributed by atoms with E-state index >= 15 is 0 Å². The van der Waals surface area contributed by atoms with Crippen LogP contribution in [0, 0.1) is 0 Å². The van der Waals surface area contributed by atoms with E-state index in [2.05, 4.69) is 0 Å². The third-order valence-corrected chi connectivity index (χ3v) is 2.49. The average molecular weight is 165 g/mol. The standard InChI is InChI=1S/C9H11NO2/c11-8-3-1-2-6-10-7(8)4-5-9(10)12/h1-2,7H,3-6H2/t7-/m0/s1. The van der Waals surface area contributed by atoms with Gasteiger partial charge >= 0.3 is 0 Å². The molecule has 0 N–H and O–H groups in total. The third kappa shape index (κ3) is 1.05. The van der Waals surface area contributed by atoms with Crippen LogP contribution in [0.25, 0.3) is 0 Å². The van der Waals surface area contributed by atoms with Crippen molar-refractivity contribution < 1.29 is 9.59 Å². The molecule has 0 aromatic rings. The number of rotatable bonds is 0. The molecule has 2 heterocycles. The van der Waals surface area contributed by atoms with Crippen LogP contribution in [0.2, 0.25) is 0 Å². The number of hydrogen-bond donors (Lipinski definition) is 0. The van der Waals surface area contributed by atoms with E-state index in [0.29, 0.717) is 19.4 Å². The van der Waals surface area contributed by atoms with Crippen LogP contribution in [0.3, 0.4) is 0 Å². The highest BCUT2D eigenvalue weighted by Gasteiger charge is 2.35. The van der Waals surface area contributed by atoms with Gasteiger partial charge in [0.05, 0.1) is 6.04 Å². The Labute approximate surface area is 71.0 Å². The van der Waals surface area contributed by atoms with E-state index in [0.717, 1.165) is 6.42 Å². The second kappa shape index (κ2) is 2.73. The van der Waals surface area contributed by atoms with Gasteiger partial charge in [0.1, 0.15) is 0 Å². The van der Waals surface area contributed by atoms with E-state index in [4.69, 9.17) is 0 Å². The molecule has 12 heavy (non-hydrogen) atoms. The lowest BCUT2D eigenvalue weighted by Crippen LogP contribution is -2.37. The number of carbonyl (C=O) groups is 2. The topological polar surface area (TPSA) is 37.4 Å². The minimum Gasteiger partial charge on any atom is -0.329 e. The fraction of sp³-hybridized carbons (Fsp3) is 0.556. The predicted octanol–water partition coefficient (Wildman–Crippen LogP) is 0.506. The van der Waals surface area contributed by atoms with Crippen molar-refractivity contribution in [3.05, 3.63) is 12.2 Å². The Balaban J connectivity index is 2.24. The Bertz CT molecular complexity index is 257. The van der Waals surface area contributed by atoms with Gasteiger partial charge in [-0.05, 0) is 6.42 Å². The molecular formula is C9H11NO2. The molecule has 0 saturated carbocycles. The third-order valence-electron chi connectivity index (χ3n) is 2.49. The lowest BCUT2D eigenvalue weighted by Gasteiger charge is -2.19. The average Bonchev–Trinajstić information content (AvgIpc) is 2.30. The number of carbonyl (C=O) groups excluding carboxylic acids is 2. The Morgan fingerprint density at radius 1 is 1.33 bits per heavy atom. The molecule has 0 unspecified atom stereocenters. The van der Waals surface area contributed by atoms with Crippen molar-refractivity contribution in [2.45, 2.75) is 25.3 Å². The van der Waals surface area contributed by atoms with E-state index < -0.39 is 0 Å². The molecule has 1 fully saturated rings. The summed E-state index contributed by atoms with van der Waals surface area (Å²) in [5.41, 5.74) is 0. The summed E-state index contributed by atoms with van der Waals surface area (Å²) in [6.45, 7) is 0.620. The maximum absolute atomic E-state index is 11.4. The van der Waals surface area contributed by atoms with Crippen LogP contribution >= 0.6 is 0 Å². The number of hydrogen-bond acceptors (Lipinski definition) is 2. The molecule has 64 valence electrons. The molecule has 0 spiro atoms. The van der Waals surface area contributed by atoms with Crippen molar-refractivity contribution in [3.63, 3.8) is 0 Å². The second-order valence-corrected chi connectivity index (χ2v) is 3.24. The first-order valence-electron chi connectivity index (χ1n) is 4.26. The largest absolute Gasteiger partial charge is 0.329 e. The molecule has 1 amide bonds. The van der Waals surface area contributed by atoms with Gasteiger partial charge in [0.25, 0.3) is 0 Å². The van der Waals surface area contributed by atoms with Crippen molar-refractivity contribution in [1.29, 1.82) is 0 Å². The van der Waals surface area contributed by atoms with Gasteiger partial charge in [-0.3, -0.25) is 9.59 Å². The summed E-state index contributed by atoms with van der Waals surface area (Å²) in [7, 11) is 0. The van der Waals surface area contributed by atoms with Crippen LogP contribution in [0.5, 0.6) is 0 Å². The molecule has 0 radical (unpaired) electrons. The number of amides is 1. The molecule has 0 aromatic carbocycles. The van der Waals surface area contributed by atoms with Crippen LogP contribution < -0.4 is 0 Å². The number of nitrogens with zero attached hydrogens (tertiary/aromatic N) is 1. The molecule has 2 aliphatic rings. The van der Waals surface area contributed by atoms with E-state index in [1.165, 1.54) is 0 Å². The van der Waals surface area contributed by atoms with Gasteiger partial charge in [-0.15, -0.1) is 0 Å². The molecule has 2 rings (SSSR count). The maximum atomic E-state index is 11.4. The maximum Gasteiger partial charge on any atom is 0.223 e. The molecule has 0 aromatic heterocycles. The summed E-state index contributed by atoms with van der Waals surface area (Å²) in [5, 5.41) is 0. The molecule has 0 aliphatic carbocycles. The van der Waals surface area contributed by atoms with Crippen molar-refractivity contribution in [2.75, 3.05) is 6.54 Å². The summed E-state index contributed by atoms with van der Waals surface area (Å²) in [5.74, 6) is 0.314. The summed E-state index contributed by atoms with van der Waals surface area (Å²) in [4.78, 5) is 24.3. The van der Waals surface area contributed by atoms with Gasteiger partial charge < -0.3 is 4.90 Å². The molecule has 2 aliphatic heterocycles. The smallest absolute Gasteiger partial charge is 0.223 e.